The summed E-state index contributed by atoms with van der Waals surface area (Å²) in [7, 11) is 0. The minimum atomic E-state index is 0.100. The van der Waals surface area contributed by atoms with Gasteiger partial charge in [-0.1, -0.05) is 57.9 Å². The average Bonchev–Trinajstić information content (AvgIpc) is 3.62. The number of nitrogens with one attached hydrogen (secondary N) is 1. The van der Waals surface area contributed by atoms with Crippen molar-refractivity contribution in [2.24, 2.45) is 11.8 Å². The maximum absolute atomic E-state index is 13.8. The average molecular weight is 475 g/mol. The Labute approximate surface area is 210 Å². The van der Waals surface area contributed by atoms with Gasteiger partial charge in [-0.05, 0) is 73.9 Å². The Morgan fingerprint density at radius 3 is 2.74 bits per heavy atom. The van der Waals surface area contributed by atoms with Crippen LogP contribution in [0, 0.1) is 11.8 Å². The van der Waals surface area contributed by atoms with E-state index in [0.29, 0.717) is 12.5 Å². The quantitative estimate of drug-likeness (QED) is 0.275. The Hall–Kier alpha value is -2.66. The van der Waals surface area contributed by atoms with E-state index >= 15 is 0 Å². The summed E-state index contributed by atoms with van der Waals surface area (Å²) in [5, 5.41) is 3.52. The smallest absolute Gasteiger partial charge is 0.254 e. The van der Waals surface area contributed by atoms with Crippen molar-refractivity contribution in [3.8, 4) is 0 Å². The number of carbonyl (C=O) groups excluding carboxylic acids is 1. The molecule has 188 valence electrons. The fourth-order valence-corrected chi connectivity index (χ4v) is 4.58. The molecule has 0 saturated heterocycles. The number of amides is 1. The molecule has 1 heterocycles. The van der Waals surface area contributed by atoms with Gasteiger partial charge in [0.15, 0.2) is 0 Å². The van der Waals surface area contributed by atoms with Crippen LogP contribution in [0.2, 0.25) is 0 Å². The number of rotatable bonds is 14. The third-order valence-corrected chi connectivity index (χ3v) is 6.93. The van der Waals surface area contributed by atoms with Crippen LogP contribution in [-0.2, 0) is 19.6 Å². The first-order valence-corrected chi connectivity index (χ1v) is 13.6. The van der Waals surface area contributed by atoms with Crippen molar-refractivity contribution in [1.29, 1.82) is 0 Å². The van der Waals surface area contributed by atoms with E-state index in [4.69, 9.17) is 4.98 Å². The van der Waals surface area contributed by atoms with Crippen LogP contribution >= 0.6 is 0 Å². The van der Waals surface area contributed by atoms with Crippen LogP contribution in [0.3, 0.4) is 0 Å². The van der Waals surface area contributed by atoms with E-state index in [-0.39, 0.29) is 5.91 Å². The zero-order valence-electron chi connectivity index (χ0n) is 21.8. The SMILES string of the molecule is CCCCCNCc1cccc(C(=O)N(CCC(C)C)Cc2nc3ccccc3n2CC2CC2)c1. The van der Waals surface area contributed by atoms with E-state index in [2.05, 4.69) is 61.0 Å². The van der Waals surface area contributed by atoms with Crippen molar-refractivity contribution in [3.05, 3.63) is 65.5 Å². The zero-order chi connectivity index (χ0) is 24.6. The van der Waals surface area contributed by atoms with Gasteiger partial charge >= 0.3 is 0 Å². The lowest BCUT2D eigenvalue weighted by Gasteiger charge is -2.24. The van der Waals surface area contributed by atoms with Gasteiger partial charge in [0.25, 0.3) is 5.91 Å². The van der Waals surface area contributed by atoms with E-state index in [0.717, 1.165) is 61.0 Å². The molecular formula is C30H42N4O. The number of aromatic nitrogens is 2. The molecule has 0 atom stereocenters. The van der Waals surface area contributed by atoms with Gasteiger partial charge in [-0.3, -0.25) is 4.79 Å². The van der Waals surface area contributed by atoms with Crippen LogP contribution in [0.1, 0.15) is 81.0 Å². The van der Waals surface area contributed by atoms with Gasteiger partial charge in [-0.15, -0.1) is 0 Å². The summed E-state index contributed by atoms with van der Waals surface area (Å²) >= 11 is 0. The van der Waals surface area contributed by atoms with Crippen LogP contribution in [0.5, 0.6) is 0 Å². The third-order valence-electron chi connectivity index (χ3n) is 6.93. The number of hydrogen-bond donors (Lipinski definition) is 1. The van der Waals surface area contributed by atoms with Crippen molar-refractivity contribution in [2.45, 2.75) is 78.9 Å². The fourth-order valence-electron chi connectivity index (χ4n) is 4.58. The number of benzene rings is 2. The van der Waals surface area contributed by atoms with Gasteiger partial charge in [-0.25, -0.2) is 4.98 Å². The molecule has 1 N–H and O–H groups in total. The molecule has 35 heavy (non-hydrogen) atoms. The number of carbonyl (C=O) groups is 1. The van der Waals surface area contributed by atoms with Crippen molar-refractivity contribution >= 4 is 16.9 Å². The van der Waals surface area contributed by atoms with Crippen molar-refractivity contribution in [2.75, 3.05) is 13.1 Å². The molecule has 5 nitrogen and oxygen atoms in total. The lowest BCUT2D eigenvalue weighted by molar-refractivity contribution is 0.0729. The van der Waals surface area contributed by atoms with Crippen LogP contribution in [0.4, 0.5) is 0 Å². The molecule has 4 rings (SSSR count). The first kappa shape index (κ1) is 25.4. The lowest BCUT2D eigenvalue weighted by Crippen LogP contribution is -2.33. The molecular weight excluding hydrogens is 432 g/mol. The summed E-state index contributed by atoms with van der Waals surface area (Å²) in [4.78, 5) is 20.7. The molecule has 1 aliphatic carbocycles. The highest BCUT2D eigenvalue weighted by atomic mass is 16.2. The first-order valence-electron chi connectivity index (χ1n) is 13.6. The normalized spacial score (nSPS) is 13.6. The summed E-state index contributed by atoms with van der Waals surface area (Å²) in [5.74, 6) is 2.38. The second-order valence-electron chi connectivity index (χ2n) is 10.6. The largest absolute Gasteiger partial charge is 0.331 e. The molecule has 0 radical (unpaired) electrons. The Kier molecular flexibility index (Phi) is 8.97. The number of nitrogens with zero attached hydrogens (tertiary/aromatic N) is 3. The number of hydrogen-bond acceptors (Lipinski definition) is 3. The number of unbranched alkanes of at least 4 members (excludes halogenated alkanes) is 2. The minimum absolute atomic E-state index is 0.100. The monoisotopic (exact) mass is 474 g/mol. The number of imidazole rings is 1. The highest BCUT2D eigenvalue weighted by Crippen LogP contribution is 2.32. The maximum atomic E-state index is 13.8. The highest BCUT2D eigenvalue weighted by molar-refractivity contribution is 5.94. The molecule has 0 spiro atoms. The van der Waals surface area contributed by atoms with Gasteiger partial charge in [0.1, 0.15) is 5.82 Å². The highest BCUT2D eigenvalue weighted by Gasteiger charge is 2.26. The summed E-state index contributed by atoms with van der Waals surface area (Å²) in [6, 6.07) is 16.5. The Balaban J connectivity index is 1.53. The van der Waals surface area contributed by atoms with Crippen LogP contribution in [-0.4, -0.2) is 33.4 Å². The fraction of sp³-hybridized carbons (Fsp3) is 0.533. The molecule has 1 aliphatic rings. The zero-order valence-corrected chi connectivity index (χ0v) is 21.8. The molecule has 1 aromatic heterocycles. The molecule has 1 amide bonds. The number of para-hydroxylation sites is 2. The third kappa shape index (κ3) is 7.17. The van der Waals surface area contributed by atoms with E-state index in [1.54, 1.807) is 0 Å². The van der Waals surface area contributed by atoms with Crippen molar-refractivity contribution in [1.82, 2.24) is 19.8 Å². The predicted molar refractivity (Wildman–Crippen MR) is 144 cm³/mol. The van der Waals surface area contributed by atoms with Gasteiger partial charge < -0.3 is 14.8 Å². The summed E-state index contributed by atoms with van der Waals surface area (Å²) < 4.78 is 2.36. The maximum Gasteiger partial charge on any atom is 0.254 e. The van der Waals surface area contributed by atoms with Crippen LogP contribution in [0.15, 0.2) is 48.5 Å². The molecule has 1 fully saturated rings. The second-order valence-corrected chi connectivity index (χ2v) is 10.6. The molecule has 0 unspecified atom stereocenters. The Morgan fingerprint density at radius 1 is 1.14 bits per heavy atom. The number of fused-ring (bicyclic) bond motifs is 1. The molecule has 0 bridgehead atoms. The van der Waals surface area contributed by atoms with E-state index in [9.17, 15) is 4.79 Å². The van der Waals surface area contributed by atoms with Crippen molar-refractivity contribution < 1.29 is 4.79 Å². The van der Waals surface area contributed by atoms with E-state index < -0.39 is 0 Å². The standard InChI is InChI=1S/C30H42N4O/c1-4-5-8-17-31-20-25-10-9-11-26(19-25)30(35)33(18-16-23(2)3)22-29-32-27-12-6-7-13-28(27)34(29)21-24-14-15-24/h6-7,9-13,19,23-24,31H,4-5,8,14-18,20-22H2,1-3H3. The summed E-state index contributed by atoms with van der Waals surface area (Å²) in [6.07, 6.45) is 7.24. The van der Waals surface area contributed by atoms with E-state index in [1.165, 1.54) is 37.6 Å². The van der Waals surface area contributed by atoms with Gasteiger partial charge in [-0.2, -0.15) is 0 Å². The molecule has 2 aromatic carbocycles. The molecule has 0 aliphatic heterocycles. The molecule has 3 aromatic rings. The lowest BCUT2D eigenvalue weighted by atomic mass is 10.1. The summed E-state index contributed by atoms with van der Waals surface area (Å²) in [6.45, 7) is 10.8. The van der Waals surface area contributed by atoms with Crippen molar-refractivity contribution in [3.63, 3.8) is 0 Å². The van der Waals surface area contributed by atoms with Crippen LogP contribution in [0.25, 0.3) is 11.0 Å². The van der Waals surface area contributed by atoms with Crippen LogP contribution < -0.4 is 5.32 Å². The Bertz CT molecular complexity index is 1100. The summed E-state index contributed by atoms with van der Waals surface area (Å²) in [5.41, 5.74) is 4.14. The second kappa shape index (κ2) is 12.3. The molecule has 1 saturated carbocycles. The Morgan fingerprint density at radius 2 is 1.97 bits per heavy atom. The van der Waals surface area contributed by atoms with E-state index in [1.807, 2.05) is 23.1 Å². The molecule has 5 heteroatoms. The van der Waals surface area contributed by atoms with Gasteiger partial charge in [0.2, 0.25) is 0 Å². The first-order chi connectivity index (χ1) is 17.0. The predicted octanol–water partition coefficient (Wildman–Crippen LogP) is 6.41. The topological polar surface area (TPSA) is 50.2 Å². The van der Waals surface area contributed by atoms with Gasteiger partial charge in [0.05, 0.1) is 17.6 Å². The minimum Gasteiger partial charge on any atom is -0.331 e. The van der Waals surface area contributed by atoms with Gasteiger partial charge in [0, 0.05) is 25.2 Å².